The number of hydrogen-bond acceptors (Lipinski definition) is 2. The molecular formula is C14H12BrNO. The SMILES string of the molecule is Cc1ccc(C(=O)Cc2cc(Br)ccn2)cc1. The summed E-state index contributed by atoms with van der Waals surface area (Å²) in [5.41, 5.74) is 2.67. The van der Waals surface area contributed by atoms with Crippen LogP contribution in [0.3, 0.4) is 0 Å². The molecule has 1 heterocycles. The first-order valence-electron chi connectivity index (χ1n) is 5.35. The summed E-state index contributed by atoms with van der Waals surface area (Å²) in [6, 6.07) is 11.3. The Balaban J connectivity index is 2.14. The van der Waals surface area contributed by atoms with Crippen LogP contribution in [0.25, 0.3) is 0 Å². The van der Waals surface area contributed by atoms with E-state index in [1.54, 1.807) is 6.20 Å². The topological polar surface area (TPSA) is 30.0 Å². The van der Waals surface area contributed by atoms with Gasteiger partial charge in [0.05, 0.1) is 6.42 Å². The second-order valence-corrected chi connectivity index (χ2v) is 4.85. The van der Waals surface area contributed by atoms with E-state index in [1.807, 2.05) is 43.3 Å². The Morgan fingerprint density at radius 3 is 2.59 bits per heavy atom. The summed E-state index contributed by atoms with van der Waals surface area (Å²) in [6.45, 7) is 2.00. The maximum atomic E-state index is 12.0. The number of nitrogens with zero attached hydrogens (tertiary/aromatic N) is 1. The van der Waals surface area contributed by atoms with E-state index in [4.69, 9.17) is 0 Å². The summed E-state index contributed by atoms with van der Waals surface area (Å²) in [6.07, 6.45) is 2.03. The highest BCUT2D eigenvalue weighted by Gasteiger charge is 2.07. The van der Waals surface area contributed by atoms with Gasteiger partial charge in [0, 0.05) is 21.9 Å². The van der Waals surface area contributed by atoms with Crippen LogP contribution in [-0.2, 0) is 6.42 Å². The van der Waals surface area contributed by atoms with Crippen molar-refractivity contribution in [3.8, 4) is 0 Å². The number of hydrogen-bond donors (Lipinski definition) is 0. The van der Waals surface area contributed by atoms with E-state index in [-0.39, 0.29) is 5.78 Å². The molecule has 0 aliphatic heterocycles. The number of carbonyl (C=O) groups is 1. The normalized spacial score (nSPS) is 10.2. The Labute approximate surface area is 109 Å². The Bertz CT molecular complexity index is 534. The summed E-state index contributed by atoms with van der Waals surface area (Å²) in [5, 5.41) is 0. The van der Waals surface area contributed by atoms with Crippen LogP contribution in [0.1, 0.15) is 21.6 Å². The van der Waals surface area contributed by atoms with Gasteiger partial charge in [-0.05, 0) is 19.1 Å². The predicted molar refractivity (Wildman–Crippen MR) is 71.2 cm³/mol. The van der Waals surface area contributed by atoms with Crippen LogP contribution in [0.4, 0.5) is 0 Å². The third-order valence-electron chi connectivity index (χ3n) is 2.49. The van der Waals surface area contributed by atoms with Gasteiger partial charge in [-0.25, -0.2) is 0 Å². The molecule has 0 amide bonds. The quantitative estimate of drug-likeness (QED) is 0.809. The highest BCUT2D eigenvalue weighted by molar-refractivity contribution is 9.10. The third kappa shape index (κ3) is 3.24. The largest absolute Gasteiger partial charge is 0.294 e. The Kier molecular flexibility index (Phi) is 3.69. The average Bonchev–Trinajstić information content (AvgIpc) is 2.29. The number of pyridine rings is 1. The van der Waals surface area contributed by atoms with E-state index in [0.717, 1.165) is 21.3 Å². The highest BCUT2D eigenvalue weighted by Crippen LogP contribution is 2.12. The fourth-order valence-corrected chi connectivity index (χ4v) is 1.93. The number of rotatable bonds is 3. The molecule has 0 saturated heterocycles. The van der Waals surface area contributed by atoms with Gasteiger partial charge in [-0.2, -0.15) is 0 Å². The Hall–Kier alpha value is -1.48. The highest BCUT2D eigenvalue weighted by atomic mass is 79.9. The van der Waals surface area contributed by atoms with Crippen molar-refractivity contribution in [2.24, 2.45) is 0 Å². The zero-order valence-corrected chi connectivity index (χ0v) is 11.1. The molecule has 2 rings (SSSR count). The molecule has 1 aromatic heterocycles. The van der Waals surface area contributed by atoms with Crippen molar-refractivity contribution in [3.05, 3.63) is 63.9 Å². The molecule has 3 heteroatoms. The molecule has 1 aromatic carbocycles. The van der Waals surface area contributed by atoms with Crippen molar-refractivity contribution in [1.82, 2.24) is 4.98 Å². The van der Waals surface area contributed by atoms with Gasteiger partial charge in [0.2, 0.25) is 0 Å². The molecule has 0 aliphatic carbocycles. The molecule has 0 spiro atoms. The second-order valence-electron chi connectivity index (χ2n) is 3.93. The number of aryl methyl sites for hydroxylation is 1. The average molecular weight is 290 g/mol. The molecule has 0 aliphatic rings. The first-order valence-corrected chi connectivity index (χ1v) is 6.15. The lowest BCUT2D eigenvalue weighted by molar-refractivity contribution is 0.0992. The number of aromatic nitrogens is 1. The first kappa shape index (κ1) is 12.0. The van der Waals surface area contributed by atoms with Crippen LogP contribution in [0, 0.1) is 6.92 Å². The Morgan fingerprint density at radius 1 is 1.24 bits per heavy atom. The smallest absolute Gasteiger partial charge is 0.168 e. The van der Waals surface area contributed by atoms with Gasteiger partial charge in [0.15, 0.2) is 5.78 Å². The summed E-state index contributed by atoms with van der Waals surface area (Å²) in [4.78, 5) is 16.2. The molecule has 0 unspecified atom stereocenters. The van der Waals surface area contributed by atoms with Gasteiger partial charge in [0.25, 0.3) is 0 Å². The summed E-state index contributed by atoms with van der Waals surface area (Å²) in [5.74, 6) is 0.0931. The van der Waals surface area contributed by atoms with E-state index in [1.165, 1.54) is 0 Å². The summed E-state index contributed by atoms with van der Waals surface area (Å²) < 4.78 is 0.944. The number of ketones is 1. The lowest BCUT2D eigenvalue weighted by atomic mass is 10.0. The van der Waals surface area contributed by atoms with Gasteiger partial charge in [-0.15, -0.1) is 0 Å². The van der Waals surface area contributed by atoms with E-state index >= 15 is 0 Å². The van der Waals surface area contributed by atoms with E-state index in [0.29, 0.717) is 6.42 Å². The molecule has 2 aromatic rings. The van der Waals surface area contributed by atoms with Crippen LogP contribution in [0.2, 0.25) is 0 Å². The number of carbonyl (C=O) groups excluding carboxylic acids is 1. The molecule has 86 valence electrons. The van der Waals surface area contributed by atoms with Gasteiger partial charge in [0.1, 0.15) is 0 Å². The molecule has 0 atom stereocenters. The fourth-order valence-electron chi connectivity index (χ4n) is 1.55. The predicted octanol–water partition coefficient (Wildman–Crippen LogP) is 3.58. The van der Waals surface area contributed by atoms with Crippen molar-refractivity contribution in [2.75, 3.05) is 0 Å². The maximum absolute atomic E-state index is 12.0. The maximum Gasteiger partial charge on any atom is 0.168 e. The van der Waals surface area contributed by atoms with Crippen molar-refractivity contribution < 1.29 is 4.79 Å². The van der Waals surface area contributed by atoms with E-state index in [2.05, 4.69) is 20.9 Å². The molecule has 17 heavy (non-hydrogen) atoms. The van der Waals surface area contributed by atoms with Crippen molar-refractivity contribution in [1.29, 1.82) is 0 Å². The van der Waals surface area contributed by atoms with Crippen molar-refractivity contribution >= 4 is 21.7 Å². The van der Waals surface area contributed by atoms with Crippen LogP contribution in [0.15, 0.2) is 47.1 Å². The second kappa shape index (κ2) is 5.23. The zero-order chi connectivity index (χ0) is 12.3. The summed E-state index contributed by atoms with van der Waals surface area (Å²) in [7, 11) is 0. The minimum atomic E-state index is 0.0931. The monoisotopic (exact) mass is 289 g/mol. The number of halogens is 1. The van der Waals surface area contributed by atoms with E-state index < -0.39 is 0 Å². The lowest BCUT2D eigenvalue weighted by Crippen LogP contribution is -2.04. The van der Waals surface area contributed by atoms with Gasteiger partial charge < -0.3 is 0 Å². The molecule has 0 bridgehead atoms. The van der Waals surface area contributed by atoms with Crippen LogP contribution >= 0.6 is 15.9 Å². The van der Waals surface area contributed by atoms with Gasteiger partial charge in [-0.3, -0.25) is 9.78 Å². The fraction of sp³-hybridized carbons (Fsp3) is 0.143. The number of Topliss-reactive ketones (excluding diaryl/α,β-unsaturated/α-hetero) is 1. The number of benzene rings is 1. The third-order valence-corrected chi connectivity index (χ3v) is 2.99. The molecule has 0 radical (unpaired) electrons. The van der Waals surface area contributed by atoms with Crippen LogP contribution < -0.4 is 0 Å². The molecule has 2 nitrogen and oxygen atoms in total. The Morgan fingerprint density at radius 2 is 1.94 bits per heavy atom. The minimum Gasteiger partial charge on any atom is -0.294 e. The van der Waals surface area contributed by atoms with Crippen LogP contribution in [-0.4, -0.2) is 10.8 Å². The zero-order valence-electron chi connectivity index (χ0n) is 9.48. The first-order chi connectivity index (χ1) is 8.15. The van der Waals surface area contributed by atoms with Gasteiger partial charge >= 0.3 is 0 Å². The lowest BCUT2D eigenvalue weighted by Gasteiger charge is -2.02. The van der Waals surface area contributed by atoms with E-state index in [9.17, 15) is 4.79 Å². The van der Waals surface area contributed by atoms with Gasteiger partial charge in [-0.1, -0.05) is 45.8 Å². The molecule has 0 fully saturated rings. The molecule has 0 saturated carbocycles. The molecule has 0 N–H and O–H groups in total. The standard InChI is InChI=1S/C14H12BrNO/c1-10-2-4-11(5-3-10)14(17)9-13-8-12(15)6-7-16-13/h2-8H,9H2,1H3. The minimum absolute atomic E-state index is 0.0931. The summed E-state index contributed by atoms with van der Waals surface area (Å²) >= 11 is 3.37. The van der Waals surface area contributed by atoms with Crippen LogP contribution in [0.5, 0.6) is 0 Å². The van der Waals surface area contributed by atoms with Crippen molar-refractivity contribution in [2.45, 2.75) is 13.3 Å². The molecular weight excluding hydrogens is 278 g/mol. The van der Waals surface area contributed by atoms with Crippen molar-refractivity contribution in [3.63, 3.8) is 0 Å².